The average Bonchev–Trinajstić information content (AvgIpc) is 2.85. The lowest BCUT2D eigenvalue weighted by Crippen LogP contribution is -2.09. The molecule has 2 rings (SSSR count). The van der Waals surface area contributed by atoms with Crippen LogP contribution in [0.3, 0.4) is 0 Å². The molecule has 5 heteroatoms. The molecule has 17 heavy (non-hydrogen) atoms. The first-order valence-electron chi connectivity index (χ1n) is 5.44. The molecule has 0 aliphatic rings. The molecule has 0 unspecified atom stereocenters. The molecule has 1 N–H and O–H groups in total. The fraction of sp³-hybridized carbons (Fsp3) is 0.333. The monoisotopic (exact) mass is 266 g/mol. The number of aromatic nitrogens is 1. The molecule has 1 amide bonds. The van der Waals surface area contributed by atoms with Gasteiger partial charge < -0.3 is 0 Å². The van der Waals surface area contributed by atoms with Crippen molar-refractivity contribution in [2.45, 2.75) is 27.2 Å². The van der Waals surface area contributed by atoms with Gasteiger partial charge in [-0.05, 0) is 32.4 Å². The number of aryl methyl sites for hydroxylation is 3. The quantitative estimate of drug-likeness (QED) is 0.921. The molecule has 2 aromatic rings. The van der Waals surface area contributed by atoms with Gasteiger partial charge in [0.2, 0.25) is 0 Å². The Bertz CT molecular complexity index is 542. The van der Waals surface area contributed by atoms with Crippen LogP contribution in [0.5, 0.6) is 0 Å². The zero-order valence-corrected chi connectivity index (χ0v) is 11.7. The van der Waals surface area contributed by atoms with Gasteiger partial charge in [0.25, 0.3) is 5.91 Å². The third-order valence-electron chi connectivity index (χ3n) is 2.41. The maximum absolute atomic E-state index is 11.9. The molecule has 0 atom stereocenters. The zero-order chi connectivity index (χ0) is 12.4. The third kappa shape index (κ3) is 2.73. The average molecular weight is 266 g/mol. The summed E-state index contributed by atoms with van der Waals surface area (Å²) in [6, 6.07) is 3.79. The molecule has 0 saturated carbocycles. The van der Waals surface area contributed by atoms with E-state index in [9.17, 15) is 4.79 Å². The maximum Gasteiger partial charge on any atom is 0.267 e. The summed E-state index contributed by atoms with van der Waals surface area (Å²) in [5.41, 5.74) is 1.06. The van der Waals surface area contributed by atoms with Crippen LogP contribution in [0, 0.1) is 13.8 Å². The van der Waals surface area contributed by atoms with Crippen LogP contribution in [0.25, 0.3) is 0 Å². The van der Waals surface area contributed by atoms with Crippen LogP contribution in [0.2, 0.25) is 0 Å². The minimum atomic E-state index is -0.0699. The molecule has 0 aliphatic heterocycles. The number of anilines is 1. The minimum absolute atomic E-state index is 0.0699. The number of carbonyl (C=O) groups is 1. The first-order chi connectivity index (χ1) is 8.10. The van der Waals surface area contributed by atoms with Crippen molar-refractivity contribution in [2.75, 3.05) is 5.32 Å². The van der Waals surface area contributed by atoms with Gasteiger partial charge in [0.05, 0.1) is 10.6 Å². The number of thiazole rings is 1. The highest BCUT2D eigenvalue weighted by atomic mass is 32.1. The highest BCUT2D eigenvalue weighted by Gasteiger charge is 2.12. The fourth-order valence-electron chi connectivity index (χ4n) is 1.52. The van der Waals surface area contributed by atoms with E-state index in [1.807, 2.05) is 26.0 Å². The predicted octanol–water partition coefficient (Wildman–Crippen LogP) is 3.64. The molecule has 3 nitrogen and oxygen atoms in total. The largest absolute Gasteiger partial charge is 0.297 e. The molecule has 2 heterocycles. The van der Waals surface area contributed by atoms with Crippen molar-refractivity contribution < 1.29 is 4.79 Å². The second-order valence-corrected chi connectivity index (χ2v) is 6.23. The zero-order valence-electron chi connectivity index (χ0n) is 10.0. The standard InChI is InChI=1S/C12H14N2OS2/c1-4-9-8(3)17-12(13-9)14-11(15)10-6-5-7(2)16-10/h5-6H,4H2,1-3H3,(H,13,14,15). The van der Waals surface area contributed by atoms with Gasteiger partial charge in [0, 0.05) is 9.75 Å². The van der Waals surface area contributed by atoms with Crippen molar-refractivity contribution in [3.63, 3.8) is 0 Å². The van der Waals surface area contributed by atoms with Gasteiger partial charge in [-0.1, -0.05) is 6.92 Å². The van der Waals surface area contributed by atoms with Crippen LogP contribution in [0.15, 0.2) is 12.1 Å². The highest BCUT2D eigenvalue weighted by molar-refractivity contribution is 7.16. The number of rotatable bonds is 3. The Morgan fingerprint density at radius 1 is 1.35 bits per heavy atom. The topological polar surface area (TPSA) is 42.0 Å². The van der Waals surface area contributed by atoms with Crippen molar-refractivity contribution in [2.24, 2.45) is 0 Å². The summed E-state index contributed by atoms with van der Waals surface area (Å²) in [5.74, 6) is -0.0699. The predicted molar refractivity (Wildman–Crippen MR) is 73.2 cm³/mol. The first kappa shape index (κ1) is 12.3. The number of carbonyl (C=O) groups excluding carboxylic acids is 1. The molecule has 0 saturated heterocycles. The Labute approximate surface area is 109 Å². The van der Waals surface area contributed by atoms with Crippen molar-refractivity contribution in [3.05, 3.63) is 32.5 Å². The van der Waals surface area contributed by atoms with E-state index in [2.05, 4.69) is 17.2 Å². The molecular weight excluding hydrogens is 252 g/mol. The number of thiophene rings is 1. The van der Waals surface area contributed by atoms with Crippen molar-refractivity contribution >= 4 is 33.7 Å². The number of amides is 1. The van der Waals surface area contributed by atoms with Gasteiger partial charge in [-0.25, -0.2) is 4.98 Å². The Morgan fingerprint density at radius 2 is 2.12 bits per heavy atom. The van der Waals surface area contributed by atoms with Gasteiger partial charge in [-0.15, -0.1) is 22.7 Å². The Morgan fingerprint density at radius 3 is 2.65 bits per heavy atom. The first-order valence-corrected chi connectivity index (χ1v) is 7.07. The van der Waals surface area contributed by atoms with E-state index in [4.69, 9.17) is 0 Å². The van der Waals surface area contributed by atoms with Gasteiger partial charge in [-0.3, -0.25) is 10.1 Å². The number of nitrogens with one attached hydrogen (secondary N) is 1. The lowest BCUT2D eigenvalue weighted by molar-refractivity contribution is 0.103. The molecule has 0 aliphatic carbocycles. The second-order valence-electron chi connectivity index (χ2n) is 3.74. The van der Waals surface area contributed by atoms with Gasteiger partial charge >= 0.3 is 0 Å². The summed E-state index contributed by atoms with van der Waals surface area (Å²) in [7, 11) is 0. The van der Waals surface area contributed by atoms with E-state index in [1.165, 1.54) is 27.6 Å². The Hall–Kier alpha value is -1.20. The van der Waals surface area contributed by atoms with Crippen molar-refractivity contribution in [1.82, 2.24) is 4.98 Å². The van der Waals surface area contributed by atoms with Gasteiger partial charge in [-0.2, -0.15) is 0 Å². The normalized spacial score (nSPS) is 10.5. The molecule has 0 bridgehead atoms. The van der Waals surface area contributed by atoms with Crippen LogP contribution in [-0.4, -0.2) is 10.9 Å². The molecule has 0 radical (unpaired) electrons. The Kier molecular flexibility index (Phi) is 3.59. The summed E-state index contributed by atoms with van der Waals surface area (Å²) in [5, 5.41) is 3.54. The van der Waals surface area contributed by atoms with Gasteiger partial charge in [0.1, 0.15) is 0 Å². The van der Waals surface area contributed by atoms with E-state index >= 15 is 0 Å². The molecule has 2 aromatic heterocycles. The SMILES string of the molecule is CCc1nc(NC(=O)c2ccc(C)s2)sc1C. The maximum atomic E-state index is 11.9. The van der Waals surface area contributed by atoms with Crippen molar-refractivity contribution in [3.8, 4) is 0 Å². The molecule has 90 valence electrons. The second kappa shape index (κ2) is 4.98. The molecule has 0 spiro atoms. The van der Waals surface area contributed by atoms with E-state index in [-0.39, 0.29) is 5.91 Å². The lowest BCUT2D eigenvalue weighted by atomic mass is 10.3. The van der Waals surface area contributed by atoms with E-state index in [0.717, 1.165) is 21.9 Å². The summed E-state index contributed by atoms with van der Waals surface area (Å²) in [6.45, 7) is 6.09. The van der Waals surface area contributed by atoms with Crippen LogP contribution >= 0.6 is 22.7 Å². The van der Waals surface area contributed by atoms with E-state index < -0.39 is 0 Å². The summed E-state index contributed by atoms with van der Waals surface area (Å²) < 4.78 is 0. The third-order valence-corrected chi connectivity index (χ3v) is 4.34. The molecule has 0 fully saturated rings. The lowest BCUT2D eigenvalue weighted by Gasteiger charge is -1.97. The highest BCUT2D eigenvalue weighted by Crippen LogP contribution is 2.24. The number of hydrogen-bond acceptors (Lipinski definition) is 4. The van der Waals surface area contributed by atoms with Crippen LogP contribution < -0.4 is 5.32 Å². The van der Waals surface area contributed by atoms with E-state index in [1.54, 1.807) is 0 Å². The van der Waals surface area contributed by atoms with Crippen molar-refractivity contribution in [1.29, 1.82) is 0 Å². The smallest absolute Gasteiger partial charge is 0.267 e. The molecular formula is C12H14N2OS2. The minimum Gasteiger partial charge on any atom is -0.297 e. The fourth-order valence-corrected chi connectivity index (χ4v) is 3.18. The summed E-state index contributed by atoms with van der Waals surface area (Å²) in [4.78, 5) is 19.3. The van der Waals surface area contributed by atoms with Gasteiger partial charge in [0.15, 0.2) is 5.13 Å². The Balaban J connectivity index is 2.12. The number of nitrogens with zero attached hydrogens (tertiary/aromatic N) is 1. The van der Waals surface area contributed by atoms with E-state index in [0.29, 0.717) is 5.13 Å². The van der Waals surface area contributed by atoms with Crippen LogP contribution in [0.4, 0.5) is 5.13 Å². The number of hydrogen-bond donors (Lipinski definition) is 1. The summed E-state index contributed by atoms with van der Waals surface area (Å²) >= 11 is 3.03. The summed E-state index contributed by atoms with van der Waals surface area (Å²) in [6.07, 6.45) is 0.899. The van der Waals surface area contributed by atoms with Crippen LogP contribution in [-0.2, 0) is 6.42 Å². The van der Waals surface area contributed by atoms with Crippen LogP contribution in [0.1, 0.15) is 32.0 Å². The molecule has 0 aromatic carbocycles.